The highest BCUT2D eigenvalue weighted by Crippen LogP contribution is 2.46. The molecule has 0 amide bonds. The first-order valence-electron chi connectivity index (χ1n) is 17.1. The van der Waals surface area contributed by atoms with Gasteiger partial charge in [-0.25, -0.2) is 0 Å². The molecule has 0 aliphatic carbocycles. The Bertz CT molecular complexity index is 3070. The summed E-state index contributed by atoms with van der Waals surface area (Å²) in [6, 6.07) is 62.0. The van der Waals surface area contributed by atoms with E-state index in [1.165, 1.54) is 96.6 Å². The van der Waals surface area contributed by atoms with Crippen molar-refractivity contribution >= 4 is 85.8 Å². The summed E-state index contributed by atoms with van der Waals surface area (Å²) in [5.41, 5.74) is 9.38. The largest absolute Gasteiger partial charge is 0.456 e. The molecule has 232 valence electrons. The number of benzene rings is 9. The Kier molecular flexibility index (Phi) is 5.89. The zero-order valence-electron chi connectivity index (χ0n) is 27.0. The van der Waals surface area contributed by atoms with Crippen molar-refractivity contribution in [1.29, 1.82) is 0 Å². The summed E-state index contributed by atoms with van der Waals surface area (Å²) in [6.45, 7) is 0. The second kappa shape index (κ2) is 10.6. The predicted octanol–water partition coefficient (Wildman–Crippen LogP) is 14.4. The molecule has 2 heterocycles. The third-order valence-corrected chi connectivity index (χ3v) is 11.6. The highest BCUT2D eigenvalue weighted by Gasteiger charge is 2.19. The van der Waals surface area contributed by atoms with Gasteiger partial charge in [0.05, 0.1) is 0 Å². The van der Waals surface area contributed by atoms with Crippen molar-refractivity contribution < 1.29 is 4.42 Å². The van der Waals surface area contributed by atoms with Crippen molar-refractivity contribution in [2.45, 2.75) is 0 Å². The number of thiophene rings is 1. The summed E-state index contributed by atoms with van der Waals surface area (Å²) >= 11 is 1.87. The molecule has 11 aromatic rings. The van der Waals surface area contributed by atoms with Gasteiger partial charge in [-0.3, -0.25) is 0 Å². The van der Waals surface area contributed by atoms with Gasteiger partial charge in [0.1, 0.15) is 11.2 Å². The molecule has 0 fully saturated rings. The average Bonchev–Trinajstić information content (AvgIpc) is 3.73. The maximum Gasteiger partial charge on any atom is 0.136 e. The lowest BCUT2D eigenvalue weighted by Crippen LogP contribution is -1.90. The summed E-state index contributed by atoms with van der Waals surface area (Å²) in [6.07, 6.45) is 0. The summed E-state index contributed by atoms with van der Waals surface area (Å²) < 4.78 is 9.02. The van der Waals surface area contributed by atoms with Crippen LogP contribution in [0.25, 0.3) is 108 Å². The minimum atomic E-state index is 0.942. The molecule has 0 bridgehead atoms. The predicted molar refractivity (Wildman–Crippen MR) is 215 cm³/mol. The first-order valence-corrected chi connectivity index (χ1v) is 17.9. The van der Waals surface area contributed by atoms with E-state index in [1.54, 1.807) is 0 Å². The molecule has 0 unspecified atom stereocenters. The Hall–Kier alpha value is -6.22. The number of furan rings is 1. The van der Waals surface area contributed by atoms with Crippen LogP contribution in [-0.4, -0.2) is 0 Å². The van der Waals surface area contributed by atoms with Crippen LogP contribution in [0.3, 0.4) is 0 Å². The van der Waals surface area contributed by atoms with E-state index >= 15 is 0 Å². The average molecular weight is 653 g/mol. The lowest BCUT2D eigenvalue weighted by molar-refractivity contribution is 0.670. The summed E-state index contributed by atoms with van der Waals surface area (Å²) in [5, 5.41) is 12.4. The topological polar surface area (TPSA) is 13.1 Å². The van der Waals surface area contributed by atoms with Crippen LogP contribution in [0.4, 0.5) is 0 Å². The quantitative estimate of drug-likeness (QED) is 0.173. The molecule has 1 nitrogen and oxygen atoms in total. The van der Waals surface area contributed by atoms with Crippen LogP contribution in [-0.2, 0) is 0 Å². The van der Waals surface area contributed by atoms with Gasteiger partial charge in [-0.2, -0.15) is 0 Å². The zero-order valence-corrected chi connectivity index (χ0v) is 27.8. The molecule has 9 aromatic carbocycles. The summed E-state index contributed by atoms with van der Waals surface area (Å²) in [4.78, 5) is 0. The van der Waals surface area contributed by atoms with Crippen LogP contribution < -0.4 is 0 Å². The van der Waals surface area contributed by atoms with Crippen molar-refractivity contribution in [1.82, 2.24) is 0 Å². The molecule has 11 rings (SSSR count). The molecular formula is C48H28OS. The Morgan fingerprint density at radius 2 is 0.880 bits per heavy atom. The Morgan fingerprint density at radius 3 is 1.60 bits per heavy atom. The second-order valence-electron chi connectivity index (χ2n) is 13.2. The smallest absolute Gasteiger partial charge is 0.136 e. The normalized spacial score (nSPS) is 12.0. The molecule has 2 heteroatoms. The van der Waals surface area contributed by atoms with E-state index in [1.807, 2.05) is 11.3 Å². The van der Waals surface area contributed by atoms with Crippen LogP contribution in [0.1, 0.15) is 0 Å². The van der Waals surface area contributed by atoms with E-state index in [2.05, 4.69) is 170 Å². The van der Waals surface area contributed by atoms with Crippen molar-refractivity contribution in [3.63, 3.8) is 0 Å². The second-order valence-corrected chi connectivity index (χ2v) is 14.3. The van der Waals surface area contributed by atoms with Gasteiger partial charge in [0.15, 0.2) is 0 Å². The van der Waals surface area contributed by atoms with Crippen molar-refractivity contribution in [3.05, 3.63) is 170 Å². The van der Waals surface area contributed by atoms with Gasteiger partial charge in [-0.15, -0.1) is 11.3 Å². The van der Waals surface area contributed by atoms with E-state index in [9.17, 15) is 0 Å². The Balaban J connectivity index is 1.11. The monoisotopic (exact) mass is 652 g/mol. The number of fused-ring (bicyclic) bond motifs is 10. The van der Waals surface area contributed by atoms with Gasteiger partial charge in [0.25, 0.3) is 0 Å². The third-order valence-electron chi connectivity index (χ3n) is 10.5. The fourth-order valence-electron chi connectivity index (χ4n) is 8.18. The van der Waals surface area contributed by atoms with Gasteiger partial charge in [0, 0.05) is 30.9 Å². The number of hydrogen-bond donors (Lipinski definition) is 0. The molecule has 0 aliphatic rings. The van der Waals surface area contributed by atoms with Gasteiger partial charge >= 0.3 is 0 Å². The van der Waals surface area contributed by atoms with Crippen LogP contribution in [0.5, 0.6) is 0 Å². The van der Waals surface area contributed by atoms with Crippen molar-refractivity contribution in [2.75, 3.05) is 0 Å². The third kappa shape index (κ3) is 4.06. The molecular weight excluding hydrogens is 625 g/mol. The summed E-state index contributed by atoms with van der Waals surface area (Å²) in [5.74, 6) is 0. The van der Waals surface area contributed by atoms with E-state index < -0.39 is 0 Å². The van der Waals surface area contributed by atoms with Crippen LogP contribution in [0, 0.1) is 0 Å². The Labute approximate surface area is 292 Å². The summed E-state index contributed by atoms with van der Waals surface area (Å²) in [7, 11) is 0. The lowest BCUT2D eigenvalue weighted by Gasteiger charge is -2.18. The molecule has 0 spiro atoms. The zero-order chi connectivity index (χ0) is 32.8. The van der Waals surface area contributed by atoms with E-state index in [-0.39, 0.29) is 0 Å². The molecule has 0 saturated heterocycles. The number of rotatable bonds is 3. The minimum absolute atomic E-state index is 0.942. The molecule has 0 radical (unpaired) electrons. The van der Waals surface area contributed by atoms with Crippen LogP contribution in [0.15, 0.2) is 174 Å². The highest BCUT2D eigenvalue weighted by molar-refractivity contribution is 7.26. The molecule has 2 aromatic heterocycles. The van der Waals surface area contributed by atoms with E-state index in [0.29, 0.717) is 0 Å². The van der Waals surface area contributed by atoms with Gasteiger partial charge in [-0.1, -0.05) is 146 Å². The fourth-order valence-corrected chi connectivity index (χ4v) is 9.35. The van der Waals surface area contributed by atoms with Crippen molar-refractivity contribution in [3.8, 4) is 33.4 Å². The molecule has 50 heavy (non-hydrogen) atoms. The van der Waals surface area contributed by atoms with Gasteiger partial charge < -0.3 is 4.42 Å². The Morgan fingerprint density at radius 1 is 0.320 bits per heavy atom. The number of hydrogen-bond acceptors (Lipinski definition) is 2. The maximum atomic E-state index is 6.46. The highest BCUT2D eigenvalue weighted by atomic mass is 32.1. The minimum Gasteiger partial charge on any atom is -0.456 e. The maximum absolute atomic E-state index is 6.46. The van der Waals surface area contributed by atoms with Crippen LogP contribution in [0.2, 0.25) is 0 Å². The molecule has 0 N–H and O–H groups in total. The SMILES string of the molecule is c1ccc(-c2ccc(-c3c4ccccc4c(-c4ccc5c(c4)sc4cc6c(cc45)oc4ccc5ccccc5c46)c4ccccc34)cc2)cc1. The first-order chi connectivity index (χ1) is 24.8. The van der Waals surface area contributed by atoms with Gasteiger partial charge in [-0.05, 0) is 90.0 Å². The lowest BCUT2D eigenvalue weighted by atomic mass is 9.85. The van der Waals surface area contributed by atoms with Crippen molar-refractivity contribution in [2.24, 2.45) is 0 Å². The van der Waals surface area contributed by atoms with Gasteiger partial charge in [0.2, 0.25) is 0 Å². The van der Waals surface area contributed by atoms with Crippen LogP contribution >= 0.6 is 11.3 Å². The van der Waals surface area contributed by atoms with E-state index in [0.717, 1.165) is 11.2 Å². The molecule has 0 atom stereocenters. The fraction of sp³-hybridized carbons (Fsp3) is 0. The van der Waals surface area contributed by atoms with E-state index in [4.69, 9.17) is 4.42 Å². The molecule has 0 saturated carbocycles. The standard InChI is InChI=1S/C48H28OS/c1-2-10-29(11-3-1)30-18-20-32(21-19-30)46-36-14-6-8-16-38(36)47(39-17-9-7-15-37(39)46)33-22-24-35-40-27-43-41(28-45(40)50-44(35)26-33)48-34-13-5-4-12-31(34)23-25-42(48)49-43/h1-28H. The molecule has 0 aliphatic heterocycles. The first kappa shape index (κ1) is 27.7.